The quantitative estimate of drug-likeness (QED) is 0.661. The first kappa shape index (κ1) is 20.0. The molecule has 1 aliphatic rings. The number of rotatable bonds is 6. The molecular formula is C23H23N3O3S. The molecule has 0 spiro atoms. The summed E-state index contributed by atoms with van der Waals surface area (Å²) in [5.74, 6) is -0.183. The molecule has 1 N–H and O–H groups in total. The minimum atomic E-state index is -3.74. The van der Waals surface area contributed by atoms with Crippen LogP contribution in [0.1, 0.15) is 5.56 Å². The van der Waals surface area contributed by atoms with Gasteiger partial charge in [0.05, 0.1) is 17.1 Å². The molecule has 0 bridgehead atoms. The van der Waals surface area contributed by atoms with Crippen molar-refractivity contribution < 1.29 is 13.2 Å². The third kappa shape index (κ3) is 4.02. The molecule has 4 rings (SSSR count). The maximum absolute atomic E-state index is 13.0. The summed E-state index contributed by atoms with van der Waals surface area (Å²) in [7, 11) is -2.23. The molecule has 0 aliphatic carbocycles. The molecule has 1 heterocycles. The summed E-state index contributed by atoms with van der Waals surface area (Å²) in [6, 6.07) is 23.3. The zero-order chi connectivity index (χ0) is 21.1. The van der Waals surface area contributed by atoms with E-state index in [0.717, 1.165) is 18.7 Å². The van der Waals surface area contributed by atoms with Crippen molar-refractivity contribution in [3.05, 3.63) is 84.4 Å². The van der Waals surface area contributed by atoms with Gasteiger partial charge in [0.15, 0.2) is 0 Å². The third-order valence-corrected chi connectivity index (χ3v) is 7.00. The molecule has 0 saturated carbocycles. The summed E-state index contributed by atoms with van der Waals surface area (Å²) >= 11 is 0. The average molecular weight is 422 g/mol. The first-order valence-corrected chi connectivity index (χ1v) is 11.2. The van der Waals surface area contributed by atoms with Crippen LogP contribution in [0.15, 0.2) is 83.8 Å². The molecule has 1 amide bonds. The van der Waals surface area contributed by atoms with Gasteiger partial charge in [-0.3, -0.25) is 9.10 Å². The fourth-order valence-corrected chi connectivity index (χ4v) is 4.86. The van der Waals surface area contributed by atoms with Crippen molar-refractivity contribution in [1.82, 2.24) is 0 Å². The minimum Gasteiger partial charge on any atom is -0.362 e. The van der Waals surface area contributed by atoms with E-state index in [4.69, 9.17) is 0 Å². The zero-order valence-corrected chi connectivity index (χ0v) is 17.5. The first-order chi connectivity index (χ1) is 14.4. The lowest BCUT2D eigenvalue weighted by atomic mass is 10.2. The number of carbonyl (C=O) groups is 1. The van der Waals surface area contributed by atoms with Gasteiger partial charge in [0, 0.05) is 25.0 Å². The molecule has 0 radical (unpaired) electrons. The van der Waals surface area contributed by atoms with E-state index < -0.39 is 10.0 Å². The van der Waals surface area contributed by atoms with Gasteiger partial charge in [-0.05, 0) is 48.4 Å². The van der Waals surface area contributed by atoms with Crippen LogP contribution >= 0.6 is 0 Å². The second-order valence-electron chi connectivity index (χ2n) is 7.18. The number of fused-ring (bicyclic) bond motifs is 1. The summed E-state index contributed by atoms with van der Waals surface area (Å²) < 4.78 is 27.2. The SMILES string of the molecule is CN(c1ccccc1)S(=O)(=O)c1cccc(NC(=O)CN2CCc3ccccc32)c1. The van der Waals surface area contributed by atoms with Crippen molar-refractivity contribution in [2.75, 3.05) is 34.7 Å². The van der Waals surface area contributed by atoms with Gasteiger partial charge < -0.3 is 10.2 Å². The first-order valence-electron chi connectivity index (χ1n) is 9.72. The van der Waals surface area contributed by atoms with Gasteiger partial charge in [0.1, 0.15) is 0 Å². The highest BCUT2D eigenvalue weighted by atomic mass is 32.2. The maximum atomic E-state index is 13.0. The highest BCUT2D eigenvalue weighted by molar-refractivity contribution is 7.92. The van der Waals surface area contributed by atoms with Crippen LogP contribution in [0.4, 0.5) is 17.1 Å². The van der Waals surface area contributed by atoms with Crippen molar-refractivity contribution >= 4 is 33.0 Å². The van der Waals surface area contributed by atoms with E-state index >= 15 is 0 Å². The highest BCUT2D eigenvalue weighted by Gasteiger charge is 2.23. The van der Waals surface area contributed by atoms with E-state index in [0.29, 0.717) is 11.4 Å². The van der Waals surface area contributed by atoms with E-state index in [2.05, 4.69) is 11.4 Å². The number of nitrogens with one attached hydrogen (secondary N) is 1. The Labute approximate surface area is 176 Å². The van der Waals surface area contributed by atoms with Crippen molar-refractivity contribution in [3.8, 4) is 0 Å². The van der Waals surface area contributed by atoms with E-state index in [-0.39, 0.29) is 17.3 Å². The van der Waals surface area contributed by atoms with E-state index in [9.17, 15) is 13.2 Å². The number of para-hydroxylation sites is 2. The fraction of sp³-hybridized carbons (Fsp3) is 0.174. The largest absolute Gasteiger partial charge is 0.362 e. The molecule has 0 fully saturated rings. The fourth-order valence-electron chi connectivity index (χ4n) is 3.61. The van der Waals surface area contributed by atoms with Crippen molar-refractivity contribution in [2.24, 2.45) is 0 Å². The Hall–Kier alpha value is -3.32. The molecule has 0 saturated heterocycles. The second-order valence-corrected chi connectivity index (χ2v) is 9.15. The predicted octanol–water partition coefficient (Wildman–Crippen LogP) is 3.51. The number of sulfonamides is 1. The minimum absolute atomic E-state index is 0.123. The molecule has 154 valence electrons. The number of hydrogen-bond acceptors (Lipinski definition) is 4. The van der Waals surface area contributed by atoms with Crippen molar-refractivity contribution in [1.29, 1.82) is 0 Å². The van der Waals surface area contributed by atoms with Crippen LogP contribution in [0.2, 0.25) is 0 Å². The molecule has 30 heavy (non-hydrogen) atoms. The molecule has 3 aromatic carbocycles. The zero-order valence-electron chi connectivity index (χ0n) is 16.7. The molecule has 0 atom stereocenters. The smallest absolute Gasteiger partial charge is 0.264 e. The van der Waals surface area contributed by atoms with Crippen LogP contribution in [-0.4, -0.2) is 34.5 Å². The number of benzene rings is 3. The van der Waals surface area contributed by atoms with Gasteiger partial charge in [-0.1, -0.05) is 42.5 Å². The summed E-state index contributed by atoms with van der Waals surface area (Å²) in [5, 5.41) is 2.83. The number of nitrogens with zero attached hydrogens (tertiary/aromatic N) is 2. The Morgan fingerprint density at radius 1 is 1.00 bits per heavy atom. The summed E-state index contributed by atoms with van der Waals surface area (Å²) in [6.07, 6.45) is 0.920. The topological polar surface area (TPSA) is 69.7 Å². The van der Waals surface area contributed by atoms with Crippen LogP contribution in [0.25, 0.3) is 0 Å². The molecule has 0 unspecified atom stereocenters. The number of carbonyl (C=O) groups excluding carboxylic acids is 1. The predicted molar refractivity (Wildman–Crippen MR) is 119 cm³/mol. The lowest BCUT2D eigenvalue weighted by Gasteiger charge is -2.20. The standard InChI is InChI=1S/C23H23N3O3S/c1-25(20-10-3-2-4-11-20)30(28,29)21-12-7-9-19(16-21)24-23(27)17-26-15-14-18-8-5-6-13-22(18)26/h2-13,16H,14-15,17H2,1H3,(H,24,27). The number of anilines is 3. The molecule has 7 heteroatoms. The second kappa shape index (κ2) is 8.20. The van der Waals surface area contributed by atoms with Crippen molar-refractivity contribution in [3.63, 3.8) is 0 Å². The van der Waals surface area contributed by atoms with Crippen LogP contribution in [0.5, 0.6) is 0 Å². The van der Waals surface area contributed by atoms with Gasteiger partial charge >= 0.3 is 0 Å². The Bertz CT molecular complexity index is 1160. The van der Waals surface area contributed by atoms with Gasteiger partial charge in [-0.15, -0.1) is 0 Å². The summed E-state index contributed by atoms with van der Waals surface area (Å²) in [5.41, 5.74) is 3.34. The Morgan fingerprint density at radius 3 is 2.53 bits per heavy atom. The lowest BCUT2D eigenvalue weighted by Crippen LogP contribution is -2.32. The molecule has 1 aliphatic heterocycles. The summed E-state index contributed by atoms with van der Waals surface area (Å²) in [6.45, 7) is 1.01. The normalized spacial score (nSPS) is 13.0. The van der Waals surface area contributed by atoms with Gasteiger partial charge in [0.2, 0.25) is 5.91 Å². The summed E-state index contributed by atoms with van der Waals surface area (Å²) in [4.78, 5) is 14.7. The molecule has 3 aromatic rings. The Kier molecular flexibility index (Phi) is 5.46. The monoisotopic (exact) mass is 421 g/mol. The van der Waals surface area contributed by atoms with Gasteiger partial charge in [-0.25, -0.2) is 8.42 Å². The maximum Gasteiger partial charge on any atom is 0.264 e. The van der Waals surface area contributed by atoms with E-state index in [1.54, 1.807) is 36.4 Å². The molecular weight excluding hydrogens is 398 g/mol. The Balaban J connectivity index is 1.48. The lowest BCUT2D eigenvalue weighted by molar-refractivity contribution is -0.115. The van der Waals surface area contributed by atoms with Crippen LogP contribution < -0.4 is 14.5 Å². The van der Waals surface area contributed by atoms with Crippen LogP contribution in [0.3, 0.4) is 0 Å². The molecule has 6 nitrogen and oxygen atoms in total. The van der Waals surface area contributed by atoms with Crippen LogP contribution in [0, 0.1) is 0 Å². The van der Waals surface area contributed by atoms with Crippen LogP contribution in [-0.2, 0) is 21.2 Å². The Morgan fingerprint density at radius 2 is 1.73 bits per heavy atom. The van der Waals surface area contributed by atoms with E-state index in [1.807, 2.05) is 29.2 Å². The molecule has 0 aromatic heterocycles. The number of hydrogen-bond donors (Lipinski definition) is 1. The van der Waals surface area contributed by atoms with Crippen molar-refractivity contribution in [2.45, 2.75) is 11.3 Å². The van der Waals surface area contributed by atoms with E-state index in [1.165, 1.54) is 29.0 Å². The van der Waals surface area contributed by atoms with Gasteiger partial charge in [0.25, 0.3) is 10.0 Å². The highest BCUT2D eigenvalue weighted by Crippen LogP contribution is 2.27. The third-order valence-electron chi connectivity index (χ3n) is 5.21. The van der Waals surface area contributed by atoms with Gasteiger partial charge in [-0.2, -0.15) is 0 Å². The number of amides is 1. The average Bonchev–Trinajstić information content (AvgIpc) is 3.16.